The number of nitrogens with zero attached hydrogens (tertiary/aromatic N) is 2. The predicted molar refractivity (Wildman–Crippen MR) is 74.4 cm³/mol. The summed E-state index contributed by atoms with van der Waals surface area (Å²) in [5.41, 5.74) is 3.22. The monoisotopic (exact) mass is 268 g/mol. The summed E-state index contributed by atoms with van der Waals surface area (Å²) in [5, 5.41) is 0. The van der Waals surface area contributed by atoms with Crippen molar-refractivity contribution in [3.63, 3.8) is 0 Å². The number of rotatable bonds is 6. The molecule has 0 aliphatic heterocycles. The molecule has 108 valence electrons. The Morgan fingerprint density at radius 2 is 2.05 bits per heavy atom. The van der Waals surface area contributed by atoms with E-state index in [4.69, 9.17) is 15.3 Å². The first-order chi connectivity index (χ1) is 8.92. The molecule has 0 fully saturated rings. The van der Waals surface area contributed by atoms with Gasteiger partial charge in [0.05, 0.1) is 12.3 Å². The fraction of sp³-hybridized carbons (Fsp3) is 0.692. The maximum Gasteiger partial charge on any atom is 0.160 e. The number of anilines is 1. The Bertz CT molecular complexity index is 404. The van der Waals surface area contributed by atoms with Crippen LogP contribution in [0.5, 0.6) is 0 Å². The van der Waals surface area contributed by atoms with Gasteiger partial charge in [0.1, 0.15) is 11.9 Å². The van der Waals surface area contributed by atoms with E-state index in [1.165, 1.54) is 0 Å². The van der Waals surface area contributed by atoms with Gasteiger partial charge in [0.25, 0.3) is 0 Å². The summed E-state index contributed by atoms with van der Waals surface area (Å²) in [6, 6.07) is 1.76. The molecule has 3 N–H and O–H groups in total. The third-order valence-corrected chi connectivity index (χ3v) is 2.59. The lowest BCUT2D eigenvalue weighted by atomic mass is 9.88. The van der Waals surface area contributed by atoms with Crippen LogP contribution in [0.4, 0.5) is 5.82 Å². The van der Waals surface area contributed by atoms with Crippen LogP contribution in [0.3, 0.4) is 0 Å². The maximum atomic E-state index is 5.79. The lowest BCUT2D eigenvalue weighted by Gasteiger charge is -2.29. The number of nitrogen functional groups attached to an aromatic ring is 1. The van der Waals surface area contributed by atoms with E-state index < -0.39 is 0 Å². The zero-order chi connectivity index (χ0) is 14.5. The van der Waals surface area contributed by atoms with Gasteiger partial charge in [0.15, 0.2) is 5.82 Å². The molecule has 0 saturated carbocycles. The molecule has 0 amide bonds. The Kier molecular flexibility index (Phi) is 5.65. The van der Waals surface area contributed by atoms with E-state index >= 15 is 0 Å². The Balaban J connectivity index is 3.17. The second-order valence-corrected chi connectivity index (χ2v) is 5.38. The van der Waals surface area contributed by atoms with E-state index in [1.807, 2.05) is 6.92 Å². The van der Waals surface area contributed by atoms with Gasteiger partial charge in [0, 0.05) is 19.8 Å². The number of hydrazine groups is 1. The standard InChI is InChI=1S/C13H24N4O2/c1-6-19-11(13(2,3)4)12-15-9(8-18-5)7-10(16-12)17-14/h7,11H,6,8,14H2,1-5H3,(H,15,16,17). The van der Waals surface area contributed by atoms with E-state index in [9.17, 15) is 0 Å². The van der Waals surface area contributed by atoms with Gasteiger partial charge in [-0.2, -0.15) is 0 Å². The zero-order valence-electron chi connectivity index (χ0n) is 12.4. The average Bonchev–Trinajstić information content (AvgIpc) is 2.34. The lowest BCUT2D eigenvalue weighted by molar-refractivity contribution is -0.0193. The molecule has 0 aliphatic rings. The largest absolute Gasteiger partial charge is 0.378 e. The molecule has 0 bridgehead atoms. The van der Waals surface area contributed by atoms with Crippen LogP contribution in [-0.2, 0) is 16.1 Å². The highest BCUT2D eigenvalue weighted by atomic mass is 16.5. The van der Waals surface area contributed by atoms with Crippen molar-refractivity contribution < 1.29 is 9.47 Å². The molecule has 6 nitrogen and oxygen atoms in total. The summed E-state index contributed by atoms with van der Waals surface area (Å²) >= 11 is 0. The van der Waals surface area contributed by atoms with Crippen molar-refractivity contribution in [3.8, 4) is 0 Å². The molecule has 1 heterocycles. The molecule has 1 aromatic heterocycles. The molecular formula is C13H24N4O2. The Labute approximate surface area is 114 Å². The van der Waals surface area contributed by atoms with E-state index in [2.05, 4.69) is 36.2 Å². The molecule has 0 radical (unpaired) electrons. The van der Waals surface area contributed by atoms with Gasteiger partial charge in [-0.05, 0) is 12.3 Å². The Hall–Kier alpha value is -1.24. The molecule has 1 aromatic rings. The van der Waals surface area contributed by atoms with Gasteiger partial charge >= 0.3 is 0 Å². The second kappa shape index (κ2) is 6.79. The highest BCUT2D eigenvalue weighted by Gasteiger charge is 2.30. The molecule has 6 heteroatoms. The molecule has 19 heavy (non-hydrogen) atoms. The minimum atomic E-state index is -0.193. The Morgan fingerprint density at radius 1 is 1.37 bits per heavy atom. The van der Waals surface area contributed by atoms with Crippen LogP contribution in [0, 0.1) is 5.41 Å². The van der Waals surface area contributed by atoms with Crippen molar-refractivity contribution in [2.45, 2.75) is 40.4 Å². The van der Waals surface area contributed by atoms with Crippen molar-refractivity contribution in [2.24, 2.45) is 11.3 Å². The van der Waals surface area contributed by atoms with Gasteiger partial charge in [-0.25, -0.2) is 15.8 Å². The SMILES string of the molecule is CCOC(c1nc(COC)cc(NN)n1)C(C)(C)C. The van der Waals surface area contributed by atoms with Crippen molar-refractivity contribution in [1.82, 2.24) is 9.97 Å². The quantitative estimate of drug-likeness (QED) is 0.607. The summed E-state index contributed by atoms with van der Waals surface area (Å²) < 4.78 is 10.9. The first-order valence-electron chi connectivity index (χ1n) is 6.37. The molecular weight excluding hydrogens is 244 g/mol. The third-order valence-electron chi connectivity index (χ3n) is 2.59. The minimum Gasteiger partial charge on any atom is -0.378 e. The van der Waals surface area contributed by atoms with Crippen molar-refractivity contribution in [2.75, 3.05) is 19.1 Å². The first kappa shape index (κ1) is 15.8. The first-order valence-corrected chi connectivity index (χ1v) is 6.37. The number of aromatic nitrogens is 2. The van der Waals surface area contributed by atoms with E-state index in [-0.39, 0.29) is 11.5 Å². The second-order valence-electron chi connectivity index (χ2n) is 5.38. The highest BCUT2D eigenvalue weighted by molar-refractivity contribution is 5.34. The van der Waals surface area contributed by atoms with Crippen LogP contribution in [0.25, 0.3) is 0 Å². The topological polar surface area (TPSA) is 82.3 Å². The van der Waals surface area contributed by atoms with Gasteiger partial charge in [-0.3, -0.25) is 0 Å². The highest BCUT2D eigenvalue weighted by Crippen LogP contribution is 2.34. The van der Waals surface area contributed by atoms with E-state index in [1.54, 1.807) is 13.2 Å². The van der Waals surface area contributed by atoms with Crippen LogP contribution in [0.2, 0.25) is 0 Å². The molecule has 0 saturated heterocycles. The molecule has 1 atom stereocenters. The average molecular weight is 268 g/mol. The zero-order valence-corrected chi connectivity index (χ0v) is 12.4. The third kappa shape index (κ3) is 4.41. The van der Waals surface area contributed by atoms with Crippen LogP contribution >= 0.6 is 0 Å². The van der Waals surface area contributed by atoms with Crippen LogP contribution in [0.1, 0.15) is 45.3 Å². The summed E-state index contributed by atoms with van der Waals surface area (Å²) in [4.78, 5) is 8.89. The number of hydrogen-bond donors (Lipinski definition) is 2. The minimum absolute atomic E-state index is 0.104. The number of nitrogens with two attached hydrogens (primary N) is 1. The van der Waals surface area contributed by atoms with Gasteiger partial charge < -0.3 is 14.9 Å². The summed E-state index contributed by atoms with van der Waals surface area (Å²) in [6.07, 6.45) is -0.193. The predicted octanol–water partition coefficient (Wildman–Crippen LogP) is 2.03. The van der Waals surface area contributed by atoms with Crippen LogP contribution in [-0.4, -0.2) is 23.7 Å². The summed E-state index contributed by atoms with van der Waals surface area (Å²) in [6.45, 7) is 9.25. The number of hydrogen-bond acceptors (Lipinski definition) is 6. The van der Waals surface area contributed by atoms with Crippen molar-refractivity contribution >= 4 is 5.82 Å². The molecule has 0 spiro atoms. The van der Waals surface area contributed by atoms with Gasteiger partial charge in [0.2, 0.25) is 0 Å². The fourth-order valence-electron chi connectivity index (χ4n) is 1.81. The number of methoxy groups -OCH3 is 1. The lowest BCUT2D eigenvalue weighted by Crippen LogP contribution is -2.25. The Morgan fingerprint density at radius 3 is 2.53 bits per heavy atom. The molecule has 1 unspecified atom stereocenters. The smallest absolute Gasteiger partial charge is 0.160 e. The fourth-order valence-corrected chi connectivity index (χ4v) is 1.81. The van der Waals surface area contributed by atoms with Crippen molar-refractivity contribution in [1.29, 1.82) is 0 Å². The van der Waals surface area contributed by atoms with Crippen LogP contribution < -0.4 is 11.3 Å². The van der Waals surface area contributed by atoms with Crippen molar-refractivity contribution in [3.05, 3.63) is 17.6 Å². The maximum absolute atomic E-state index is 5.79. The molecule has 0 aromatic carbocycles. The van der Waals surface area contributed by atoms with E-state index in [0.29, 0.717) is 24.9 Å². The normalized spacial score (nSPS) is 13.4. The van der Waals surface area contributed by atoms with Gasteiger partial charge in [-0.1, -0.05) is 20.8 Å². The number of nitrogens with one attached hydrogen (secondary N) is 1. The van der Waals surface area contributed by atoms with Gasteiger partial charge in [-0.15, -0.1) is 0 Å². The molecule has 0 aliphatic carbocycles. The van der Waals surface area contributed by atoms with Crippen LogP contribution in [0.15, 0.2) is 6.07 Å². The molecule has 1 rings (SSSR count). The summed E-state index contributed by atoms with van der Waals surface area (Å²) in [5.74, 6) is 6.63. The number of ether oxygens (including phenoxy) is 2. The van der Waals surface area contributed by atoms with E-state index in [0.717, 1.165) is 5.69 Å². The summed E-state index contributed by atoms with van der Waals surface area (Å²) in [7, 11) is 1.63.